The summed E-state index contributed by atoms with van der Waals surface area (Å²) in [6.45, 7) is 0.479. The lowest BCUT2D eigenvalue weighted by Crippen LogP contribution is -2.02. The first-order chi connectivity index (χ1) is 11.4. The van der Waals surface area contributed by atoms with Gasteiger partial charge in [-0.25, -0.2) is 4.79 Å². The van der Waals surface area contributed by atoms with E-state index in [0.717, 1.165) is 11.3 Å². The number of halogens is 2. The van der Waals surface area contributed by atoms with E-state index in [-0.39, 0.29) is 0 Å². The summed E-state index contributed by atoms with van der Waals surface area (Å²) in [7, 11) is 0. The van der Waals surface area contributed by atoms with E-state index in [2.05, 4.69) is 0 Å². The van der Waals surface area contributed by atoms with E-state index < -0.39 is 17.5 Å². The summed E-state index contributed by atoms with van der Waals surface area (Å²) in [5, 5.41) is 18.6. The molecule has 1 aromatic carbocycles. The lowest BCUT2D eigenvalue weighted by atomic mass is 10.2. The number of carboxylic acids is 1. The van der Waals surface area contributed by atoms with Crippen LogP contribution >= 0.6 is 23.2 Å². The minimum atomic E-state index is -1.56. The number of hydrogen-bond acceptors (Lipinski definition) is 3. The van der Waals surface area contributed by atoms with E-state index in [1.54, 1.807) is 24.3 Å². The van der Waals surface area contributed by atoms with Crippen LogP contribution in [-0.4, -0.2) is 26.5 Å². The van der Waals surface area contributed by atoms with Crippen LogP contribution in [0.1, 0.15) is 11.3 Å². The fourth-order valence-corrected chi connectivity index (χ4v) is 2.44. The van der Waals surface area contributed by atoms with Crippen LogP contribution in [0.2, 0.25) is 10.0 Å². The largest absolute Gasteiger partial charge is 0.502 e. The molecule has 0 saturated carbocycles. The van der Waals surface area contributed by atoms with Gasteiger partial charge in [-0.05, 0) is 42.0 Å². The van der Waals surface area contributed by atoms with Gasteiger partial charge in [-0.1, -0.05) is 29.3 Å². The van der Waals surface area contributed by atoms with Crippen LogP contribution in [0.3, 0.4) is 0 Å². The summed E-state index contributed by atoms with van der Waals surface area (Å²) < 4.78 is 1.86. The van der Waals surface area contributed by atoms with Gasteiger partial charge in [0.1, 0.15) is 0 Å². The molecule has 124 valence electrons. The topological polar surface area (TPSA) is 79.5 Å². The molecule has 0 fully saturated rings. The highest BCUT2D eigenvalue weighted by Gasteiger charge is 2.07. The molecule has 7 heteroatoms. The third kappa shape index (κ3) is 4.75. The standard InChI is InChI=1S/C17H13Cl2NO4/c18-12-4-3-11(15(19)8-12)10-20-7-1-2-13(20)5-6-14(21)9-16(22)17(23)24/h1-9,22H,10H2,(H,23,24)/b6-5+,16-9-. The maximum atomic E-state index is 11.6. The van der Waals surface area contributed by atoms with Crippen LogP contribution in [0.25, 0.3) is 6.08 Å². The first kappa shape index (κ1) is 17.8. The number of rotatable bonds is 6. The molecule has 24 heavy (non-hydrogen) atoms. The van der Waals surface area contributed by atoms with Crippen molar-refractivity contribution in [3.05, 3.63) is 75.7 Å². The van der Waals surface area contributed by atoms with E-state index in [0.29, 0.717) is 22.7 Å². The Kier molecular flexibility index (Phi) is 5.84. The van der Waals surface area contributed by atoms with Gasteiger partial charge in [0.05, 0.1) is 0 Å². The SMILES string of the molecule is O=C(/C=C(\O)C(=O)O)/C=C/c1cccn1Cc1ccc(Cl)cc1Cl. The zero-order valence-electron chi connectivity index (χ0n) is 12.3. The van der Waals surface area contributed by atoms with Crippen molar-refractivity contribution in [1.29, 1.82) is 0 Å². The molecular formula is C17H13Cl2NO4. The number of aliphatic hydroxyl groups is 1. The summed E-state index contributed by atoms with van der Waals surface area (Å²) in [4.78, 5) is 22.0. The van der Waals surface area contributed by atoms with Crippen LogP contribution in [-0.2, 0) is 16.1 Å². The number of ketones is 1. The van der Waals surface area contributed by atoms with Gasteiger partial charge in [-0.15, -0.1) is 0 Å². The highest BCUT2D eigenvalue weighted by Crippen LogP contribution is 2.22. The number of aromatic nitrogens is 1. The van der Waals surface area contributed by atoms with Gasteiger partial charge in [0.15, 0.2) is 5.78 Å². The number of allylic oxidation sites excluding steroid dienone is 2. The molecule has 0 spiro atoms. The van der Waals surface area contributed by atoms with E-state index >= 15 is 0 Å². The van der Waals surface area contributed by atoms with Crippen LogP contribution in [0.5, 0.6) is 0 Å². The maximum Gasteiger partial charge on any atom is 0.371 e. The first-order valence-corrected chi connectivity index (χ1v) is 7.57. The van der Waals surface area contributed by atoms with Crippen molar-refractivity contribution in [3.63, 3.8) is 0 Å². The Balaban J connectivity index is 2.16. The van der Waals surface area contributed by atoms with Crippen molar-refractivity contribution in [2.24, 2.45) is 0 Å². The third-order valence-corrected chi connectivity index (χ3v) is 3.72. The minimum Gasteiger partial charge on any atom is -0.502 e. The van der Waals surface area contributed by atoms with Crippen molar-refractivity contribution in [2.45, 2.75) is 6.54 Å². The molecule has 0 atom stereocenters. The molecular weight excluding hydrogens is 353 g/mol. The molecule has 0 unspecified atom stereocenters. The molecule has 0 saturated heterocycles. The number of aliphatic hydroxyl groups excluding tert-OH is 1. The van der Waals surface area contributed by atoms with Crippen molar-refractivity contribution >= 4 is 41.0 Å². The van der Waals surface area contributed by atoms with Gasteiger partial charge in [0.25, 0.3) is 0 Å². The molecule has 0 aliphatic heterocycles. The quantitative estimate of drug-likeness (QED) is 0.599. The molecule has 1 aromatic heterocycles. The van der Waals surface area contributed by atoms with Crippen LogP contribution < -0.4 is 0 Å². The Bertz CT molecular complexity index is 837. The van der Waals surface area contributed by atoms with Crippen molar-refractivity contribution in [2.75, 3.05) is 0 Å². The van der Waals surface area contributed by atoms with Gasteiger partial charge in [-0.2, -0.15) is 0 Å². The molecule has 0 aliphatic carbocycles. The third-order valence-electron chi connectivity index (χ3n) is 3.14. The normalized spacial score (nSPS) is 11.8. The molecule has 2 N–H and O–H groups in total. The molecule has 2 aromatic rings. The number of carboxylic acid groups (broad SMARTS) is 1. The molecule has 5 nitrogen and oxygen atoms in total. The average molecular weight is 366 g/mol. The van der Waals surface area contributed by atoms with E-state index in [1.807, 2.05) is 16.8 Å². The molecule has 0 bridgehead atoms. The summed E-state index contributed by atoms with van der Waals surface area (Å²) in [6.07, 6.45) is 5.16. The van der Waals surface area contributed by atoms with Crippen LogP contribution in [0.4, 0.5) is 0 Å². The Hall–Kier alpha value is -2.50. The van der Waals surface area contributed by atoms with Crippen molar-refractivity contribution in [3.8, 4) is 0 Å². The van der Waals surface area contributed by atoms with Gasteiger partial charge in [0.2, 0.25) is 5.76 Å². The zero-order chi connectivity index (χ0) is 17.7. The number of nitrogens with zero attached hydrogens (tertiary/aromatic N) is 1. The molecule has 0 radical (unpaired) electrons. The Labute approximate surface area is 148 Å². The van der Waals surface area contributed by atoms with Crippen molar-refractivity contribution < 1.29 is 19.8 Å². The maximum absolute atomic E-state index is 11.6. The van der Waals surface area contributed by atoms with Crippen molar-refractivity contribution in [1.82, 2.24) is 4.57 Å². The first-order valence-electron chi connectivity index (χ1n) is 6.82. The average Bonchev–Trinajstić information content (AvgIpc) is 2.95. The summed E-state index contributed by atoms with van der Waals surface area (Å²) in [6, 6.07) is 8.80. The smallest absolute Gasteiger partial charge is 0.371 e. The van der Waals surface area contributed by atoms with Gasteiger partial charge < -0.3 is 14.8 Å². The number of benzene rings is 1. The summed E-state index contributed by atoms with van der Waals surface area (Å²) in [5.74, 6) is -3.20. The second kappa shape index (κ2) is 7.86. The second-order valence-corrected chi connectivity index (χ2v) is 5.71. The lowest BCUT2D eigenvalue weighted by molar-refractivity contribution is -0.135. The van der Waals surface area contributed by atoms with E-state index in [9.17, 15) is 9.59 Å². The van der Waals surface area contributed by atoms with E-state index in [1.165, 1.54) is 12.2 Å². The molecule has 2 rings (SSSR count). The lowest BCUT2D eigenvalue weighted by Gasteiger charge is -2.08. The van der Waals surface area contributed by atoms with Gasteiger partial charge >= 0.3 is 5.97 Å². The monoisotopic (exact) mass is 365 g/mol. The fraction of sp³-hybridized carbons (Fsp3) is 0.0588. The number of hydrogen-bond donors (Lipinski definition) is 2. The fourth-order valence-electron chi connectivity index (χ4n) is 1.97. The van der Waals surface area contributed by atoms with E-state index in [4.69, 9.17) is 33.4 Å². The number of aliphatic carboxylic acids is 1. The van der Waals surface area contributed by atoms with Gasteiger partial charge in [0, 0.05) is 34.6 Å². The minimum absolute atomic E-state index is 0.479. The molecule has 0 amide bonds. The number of carbonyl (C=O) groups is 2. The Morgan fingerprint density at radius 2 is 1.92 bits per heavy atom. The predicted molar refractivity (Wildman–Crippen MR) is 92.4 cm³/mol. The second-order valence-electron chi connectivity index (χ2n) is 4.87. The highest BCUT2D eigenvalue weighted by atomic mass is 35.5. The highest BCUT2D eigenvalue weighted by molar-refractivity contribution is 6.35. The Morgan fingerprint density at radius 1 is 1.17 bits per heavy atom. The van der Waals surface area contributed by atoms with Crippen LogP contribution in [0, 0.1) is 0 Å². The molecule has 0 aliphatic rings. The summed E-state index contributed by atoms with van der Waals surface area (Å²) >= 11 is 12.0. The number of carbonyl (C=O) groups excluding carboxylic acids is 1. The predicted octanol–water partition coefficient (Wildman–Crippen LogP) is 3.95. The van der Waals surface area contributed by atoms with Crippen LogP contribution in [0.15, 0.2) is 54.4 Å². The van der Waals surface area contributed by atoms with Gasteiger partial charge in [-0.3, -0.25) is 4.79 Å². The zero-order valence-corrected chi connectivity index (χ0v) is 13.8. The summed E-state index contributed by atoms with van der Waals surface area (Å²) in [5.41, 5.74) is 1.58. The Morgan fingerprint density at radius 3 is 2.58 bits per heavy atom. The molecule has 1 heterocycles.